The Morgan fingerprint density at radius 1 is 1.13 bits per heavy atom. The first-order valence-corrected chi connectivity index (χ1v) is 8.90. The molecule has 0 aliphatic carbocycles. The lowest BCUT2D eigenvalue weighted by atomic mass is 10.2. The van der Waals surface area contributed by atoms with Gasteiger partial charge >= 0.3 is 0 Å². The van der Waals surface area contributed by atoms with Crippen molar-refractivity contribution in [2.24, 2.45) is 5.73 Å². The molecule has 3 N–H and O–H groups in total. The van der Waals surface area contributed by atoms with Crippen LogP contribution in [0.25, 0.3) is 22.7 Å². The van der Waals surface area contributed by atoms with Crippen LogP contribution < -0.4 is 11.1 Å². The lowest BCUT2D eigenvalue weighted by molar-refractivity contribution is 0.0941. The van der Waals surface area contributed by atoms with Crippen LogP contribution in [0.5, 0.6) is 0 Å². The van der Waals surface area contributed by atoms with E-state index >= 15 is 0 Å². The van der Waals surface area contributed by atoms with Crippen LogP contribution in [0.1, 0.15) is 26.8 Å². The zero-order chi connectivity index (χ0) is 20.7. The summed E-state index contributed by atoms with van der Waals surface area (Å²) < 4.78 is 8.57. The number of primary amides is 1. The minimum absolute atomic E-state index is 0.0408. The van der Waals surface area contributed by atoms with Crippen molar-refractivity contribution < 1.29 is 14.0 Å². The predicted octanol–water partition coefficient (Wildman–Crippen LogP) is 1.06. The first-order valence-electron chi connectivity index (χ1n) is 8.90. The third-order valence-electron chi connectivity index (χ3n) is 4.53. The summed E-state index contributed by atoms with van der Waals surface area (Å²) in [7, 11) is 0. The molecule has 0 aromatic carbocycles. The minimum Gasteiger partial charge on any atom is -0.463 e. The normalized spacial score (nSPS) is 11.2. The molecule has 148 valence electrons. The van der Waals surface area contributed by atoms with Crippen molar-refractivity contribution in [2.45, 2.75) is 6.54 Å². The van der Waals surface area contributed by atoms with Gasteiger partial charge in [-0.05, 0) is 30.3 Å². The number of furan rings is 1. The average Bonchev–Trinajstić information content (AvgIpc) is 3.50. The monoisotopic (exact) mass is 402 g/mol. The van der Waals surface area contributed by atoms with Gasteiger partial charge in [-0.1, -0.05) is 6.07 Å². The Hall–Kier alpha value is -4.54. The topological polar surface area (TPSA) is 146 Å². The van der Waals surface area contributed by atoms with E-state index in [2.05, 4.69) is 25.5 Å². The maximum absolute atomic E-state index is 13.0. The summed E-state index contributed by atoms with van der Waals surface area (Å²) in [6.45, 7) is 0.140. The number of carbonyl (C=O) groups excluding carboxylic acids is 2. The summed E-state index contributed by atoms with van der Waals surface area (Å²) in [5, 5.41) is 11.0. The van der Waals surface area contributed by atoms with Crippen molar-refractivity contribution in [2.75, 3.05) is 0 Å². The number of nitrogens with two attached hydrogens (primary N) is 1. The zero-order valence-corrected chi connectivity index (χ0v) is 15.4. The Morgan fingerprint density at radius 3 is 2.83 bits per heavy atom. The predicted molar refractivity (Wildman–Crippen MR) is 103 cm³/mol. The molecule has 0 atom stereocenters. The standard InChI is InChI=1S/C19H14N8O3/c20-17(28)16-18-23-11(13-4-3-7-30-13)8-12(27(18)10-22-16)19(29)21-9-15-25-24-14-5-1-2-6-26(14)15/h1-8,10H,9H2,(H2,20,28)(H,21,29). The fourth-order valence-electron chi connectivity index (χ4n) is 3.13. The number of nitrogens with zero attached hydrogens (tertiary/aromatic N) is 6. The van der Waals surface area contributed by atoms with Gasteiger partial charge in [0.25, 0.3) is 11.8 Å². The molecule has 0 radical (unpaired) electrons. The molecule has 2 amide bonds. The lowest BCUT2D eigenvalue weighted by Crippen LogP contribution is -2.26. The Balaban J connectivity index is 1.53. The van der Waals surface area contributed by atoms with E-state index in [0.717, 1.165) is 0 Å². The molecule has 30 heavy (non-hydrogen) atoms. The molecule has 0 saturated heterocycles. The van der Waals surface area contributed by atoms with Crippen LogP contribution in [0.3, 0.4) is 0 Å². The summed E-state index contributed by atoms with van der Waals surface area (Å²) in [6.07, 6.45) is 4.63. The second-order valence-electron chi connectivity index (χ2n) is 6.38. The van der Waals surface area contributed by atoms with Crippen molar-refractivity contribution in [3.63, 3.8) is 0 Å². The van der Waals surface area contributed by atoms with E-state index in [1.807, 2.05) is 24.4 Å². The molecule has 11 nitrogen and oxygen atoms in total. The van der Waals surface area contributed by atoms with Gasteiger partial charge in [-0.15, -0.1) is 10.2 Å². The van der Waals surface area contributed by atoms with Crippen LogP contribution in [-0.4, -0.2) is 40.8 Å². The molecule has 0 saturated carbocycles. The highest BCUT2D eigenvalue weighted by Gasteiger charge is 2.20. The van der Waals surface area contributed by atoms with E-state index in [1.54, 1.807) is 22.6 Å². The molecule has 0 spiro atoms. The summed E-state index contributed by atoms with van der Waals surface area (Å²) in [5.74, 6) is -0.162. The number of hydrogen-bond donors (Lipinski definition) is 2. The molecular weight excluding hydrogens is 388 g/mol. The highest BCUT2D eigenvalue weighted by molar-refractivity contribution is 5.99. The van der Waals surface area contributed by atoms with Crippen molar-refractivity contribution in [3.8, 4) is 11.5 Å². The molecule has 5 aromatic heterocycles. The van der Waals surface area contributed by atoms with E-state index in [9.17, 15) is 9.59 Å². The van der Waals surface area contributed by atoms with Gasteiger partial charge in [0.05, 0.1) is 12.8 Å². The van der Waals surface area contributed by atoms with Crippen LogP contribution in [0, 0.1) is 0 Å². The van der Waals surface area contributed by atoms with Gasteiger partial charge in [0.1, 0.15) is 17.7 Å². The number of hydrogen-bond acceptors (Lipinski definition) is 7. The number of rotatable bonds is 5. The van der Waals surface area contributed by atoms with E-state index in [0.29, 0.717) is 22.9 Å². The summed E-state index contributed by atoms with van der Waals surface area (Å²) >= 11 is 0. The van der Waals surface area contributed by atoms with Crippen LogP contribution in [-0.2, 0) is 6.54 Å². The lowest BCUT2D eigenvalue weighted by Gasteiger charge is -2.08. The van der Waals surface area contributed by atoms with Gasteiger partial charge in [0.2, 0.25) is 0 Å². The van der Waals surface area contributed by atoms with Crippen molar-refractivity contribution in [1.29, 1.82) is 0 Å². The van der Waals surface area contributed by atoms with Gasteiger partial charge in [0, 0.05) is 6.20 Å². The van der Waals surface area contributed by atoms with Gasteiger partial charge in [-0.2, -0.15) is 0 Å². The smallest absolute Gasteiger partial charge is 0.271 e. The summed E-state index contributed by atoms with van der Waals surface area (Å²) in [5.41, 5.74) is 6.77. The molecule has 5 heterocycles. The SMILES string of the molecule is NC(=O)c1ncn2c(C(=O)NCc3nnc4ccccn34)cc(-c3ccco3)nc12. The fraction of sp³-hybridized carbons (Fsp3) is 0.0526. The number of carbonyl (C=O) groups is 2. The van der Waals surface area contributed by atoms with Crippen molar-refractivity contribution >= 4 is 23.1 Å². The van der Waals surface area contributed by atoms with Gasteiger partial charge in [-0.3, -0.25) is 18.4 Å². The van der Waals surface area contributed by atoms with Crippen LogP contribution in [0.2, 0.25) is 0 Å². The average molecular weight is 402 g/mol. The van der Waals surface area contributed by atoms with E-state index < -0.39 is 11.8 Å². The van der Waals surface area contributed by atoms with E-state index in [4.69, 9.17) is 10.2 Å². The van der Waals surface area contributed by atoms with Crippen molar-refractivity contribution in [3.05, 3.63) is 72.4 Å². The molecule has 0 fully saturated rings. The first-order chi connectivity index (χ1) is 14.6. The number of amides is 2. The highest BCUT2D eigenvalue weighted by atomic mass is 16.3. The Bertz CT molecular complexity index is 1400. The molecule has 5 rings (SSSR count). The zero-order valence-electron chi connectivity index (χ0n) is 15.4. The quantitative estimate of drug-likeness (QED) is 0.447. The Labute approximate surface area is 168 Å². The maximum Gasteiger partial charge on any atom is 0.271 e. The van der Waals surface area contributed by atoms with Crippen LogP contribution >= 0.6 is 0 Å². The molecule has 0 aliphatic rings. The van der Waals surface area contributed by atoms with E-state index in [-0.39, 0.29) is 23.6 Å². The number of nitrogens with one attached hydrogen (secondary N) is 1. The largest absolute Gasteiger partial charge is 0.463 e. The third-order valence-corrected chi connectivity index (χ3v) is 4.53. The van der Waals surface area contributed by atoms with Gasteiger partial charge < -0.3 is 15.5 Å². The Morgan fingerprint density at radius 2 is 2.03 bits per heavy atom. The maximum atomic E-state index is 13.0. The molecule has 0 unspecified atom stereocenters. The molecule has 11 heteroatoms. The molecule has 0 aliphatic heterocycles. The van der Waals surface area contributed by atoms with Gasteiger partial charge in [0.15, 0.2) is 28.6 Å². The summed E-state index contributed by atoms with van der Waals surface area (Å²) in [6, 6.07) is 10.5. The second kappa shape index (κ2) is 6.81. The summed E-state index contributed by atoms with van der Waals surface area (Å²) in [4.78, 5) is 33.1. The first kappa shape index (κ1) is 17.6. The van der Waals surface area contributed by atoms with Crippen molar-refractivity contribution in [1.82, 2.24) is 34.3 Å². The Kier molecular flexibility index (Phi) is 3.98. The minimum atomic E-state index is -0.747. The van der Waals surface area contributed by atoms with Gasteiger partial charge in [-0.25, -0.2) is 9.97 Å². The highest BCUT2D eigenvalue weighted by Crippen LogP contribution is 2.22. The number of fused-ring (bicyclic) bond motifs is 2. The van der Waals surface area contributed by atoms with E-state index in [1.165, 1.54) is 17.0 Å². The van der Waals surface area contributed by atoms with Crippen LogP contribution in [0.4, 0.5) is 0 Å². The number of imidazole rings is 1. The number of aromatic nitrogens is 6. The second-order valence-corrected chi connectivity index (χ2v) is 6.38. The fourth-order valence-corrected chi connectivity index (χ4v) is 3.13. The molecular formula is C19H14N8O3. The number of pyridine rings is 1. The van der Waals surface area contributed by atoms with Crippen LogP contribution in [0.15, 0.2) is 59.6 Å². The molecule has 0 bridgehead atoms. The third kappa shape index (κ3) is 2.85. The molecule has 5 aromatic rings.